The number of ether oxygens (including phenoxy) is 1. The van der Waals surface area contributed by atoms with Crippen molar-refractivity contribution in [3.05, 3.63) is 29.8 Å². The van der Waals surface area contributed by atoms with Gasteiger partial charge < -0.3 is 9.84 Å². The largest absolute Gasteiger partial charge is 0.497 e. The number of carbonyl (C=O) groups is 1. The average molecular weight is 249 g/mol. The van der Waals surface area contributed by atoms with Crippen molar-refractivity contribution in [1.29, 1.82) is 0 Å². The van der Waals surface area contributed by atoms with E-state index in [0.717, 1.165) is 38.1 Å². The lowest BCUT2D eigenvalue weighted by atomic mass is 10.1. The standard InChI is InChI=1S/C14H19NO3/c1-18-12-6-4-11(5-7-12)8-10-15-9-2-3-13(15)14(16)17/h4-7,13H,2-3,8-10H2,1H3,(H,16,17). The van der Waals surface area contributed by atoms with Crippen molar-refractivity contribution in [2.45, 2.75) is 25.3 Å². The molecule has 1 atom stereocenters. The number of carboxylic acids is 1. The lowest BCUT2D eigenvalue weighted by molar-refractivity contribution is -0.142. The minimum absolute atomic E-state index is 0.289. The van der Waals surface area contributed by atoms with E-state index in [9.17, 15) is 4.79 Å². The summed E-state index contributed by atoms with van der Waals surface area (Å²) in [4.78, 5) is 13.1. The first-order chi connectivity index (χ1) is 8.70. The fourth-order valence-corrected chi connectivity index (χ4v) is 2.44. The van der Waals surface area contributed by atoms with E-state index in [0.29, 0.717) is 0 Å². The highest BCUT2D eigenvalue weighted by molar-refractivity contribution is 5.73. The second-order valence-corrected chi connectivity index (χ2v) is 4.63. The van der Waals surface area contributed by atoms with E-state index in [-0.39, 0.29) is 6.04 Å². The van der Waals surface area contributed by atoms with E-state index in [1.807, 2.05) is 24.3 Å². The first kappa shape index (κ1) is 12.9. The Hall–Kier alpha value is -1.55. The topological polar surface area (TPSA) is 49.8 Å². The van der Waals surface area contributed by atoms with E-state index in [4.69, 9.17) is 9.84 Å². The Morgan fingerprint density at radius 3 is 2.78 bits per heavy atom. The average Bonchev–Trinajstić information content (AvgIpc) is 2.85. The van der Waals surface area contributed by atoms with Crippen molar-refractivity contribution in [3.8, 4) is 5.75 Å². The van der Waals surface area contributed by atoms with Crippen molar-refractivity contribution in [2.75, 3.05) is 20.2 Å². The smallest absolute Gasteiger partial charge is 0.320 e. The molecule has 98 valence electrons. The zero-order chi connectivity index (χ0) is 13.0. The molecule has 0 saturated carbocycles. The van der Waals surface area contributed by atoms with Gasteiger partial charge in [0.1, 0.15) is 11.8 Å². The van der Waals surface area contributed by atoms with Crippen LogP contribution in [-0.2, 0) is 11.2 Å². The molecule has 4 nitrogen and oxygen atoms in total. The van der Waals surface area contributed by atoms with Gasteiger partial charge in [-0.25, -0.2) is 0 Å². The molecule has 0 aliphatic carbocycles. The monoisotopic (exact) mass is 249 g/mol. The molecule has 1 N–H and O–H groups in total. The second kappa shape index (κ2) is 5.87. The zero-order valence-corrected chi connectivity index (χ0v) is 10.6. The quantitative estimate of drug-likeness (QED) is 0.864. The van der Waals surface area contributed by atoms with Gasteiger partial charge in [0.25, 0.3) is 0 Å². The summed E-state index contributed by atoms with van der Waals surface area (Å²) in [5, 5.41) is 9.09. The summed E-state index contributed by atoms with van der Waals surface area (Å²) in [5.74, 6) is 0.158. The minimum atomic E-state index is -0.692. The summed E-state index contributed by atoms with van der Waals surface area (Å²) in [6.07, 6.45) is 2.64. The van der Waals surface area contributed by atoms with Crippen molar-refractivity contribution in [3.63, 3.8) is 0 Å². The van der Waals surface area contributed by atoms with Crippen LogP contribution in [0.1, 0.15) is 18.4 Å². The number of likely N-dealkylation sites (tertiary alicyclic amines) is 1. The first-order valence-corrected chi connectivity index (χ1v) is 6.30. The third-order valence-corrected chi connectivity index (χ3v) is 3.50. The molecule has 0 amide bonds. The number of carboxylic acid groups (broad SMARTS) is 1. The molecule has 1 aromatic carbocycles. The van der Waals surface area contributed by atoms with Gasteiger partial charge in [0.05, 0.1) is 7.11 Å². The van der Waals surface area contributed by atoms with Gasteiger partial charge in [0.15, 0.2) is 0 Å². The number of aliphatic carboxylic acids is 1. The second-order valence-electron chi connectivity index (χ2n) is 4.63. The van der Waals surface area contributed by atoms with Crippen LogP contribution in [0.4, 0.5) is 0 Å². The fourth-order valence-electron chi connectivity index (χ4n) is 2.44. The van der Waals surface area contributed by atoms with Crippen LogP contribution >= 0.6 is 0 Å². The normalized spacial score (nSPS) is 19.9. The van der Waals surface area contributed by atoms with E-state index in [2.05, 4.69) is 4.90 Å². The Kier molecular flexibility index (Phi) is 4.20. The van der Waals surface area contributed by atoms with Crippen LogP contribution in [0.25, 0.3) is 0 Å². The molecule has 1 fully saturated rings. The van der Waals surface area contributed by atoms with Crippen LogP contribution in [0.15, 0.2) is 24.3 Å². The molecule has 0 bridgehead atoms. The van der Waals surface area contributed by atoms with Gasteiger partial charge in [-0.05, 0) is 43.5 Å². The lowest BCUT2D eigenvalue weighted by Gasteiger charge is -2.20. The Morgan fingerprint density at radius 1 is 1.44 bits per heavy atom. The summed E-state index contributed by atoms with van der Waals surface area (Å²) in [6.45, 7) is 1.70. The molecule has 1 aliphatic rings. The number of methoxy groups -OCH3 is 1. The fraction of sp³-hybridized carbons (Fsp3) is 0.500. The number of hydrogen-bond donors (Lipinski definition) is 1. The lowest BCUT2D eigenvalue weighted by Crippen LogP contribution is -2.37. The Morgan fingerprint density at radius 2 is 2.17 bits per heavy atom. The van der Waals surface area contributed by atoms with Crippen molar-refractivity contribution in [1.82, 2.24) is 4.90 Å². The van der Waals surface area contributed by atoms with Crippen LogP contribution in [-0.4, -0.2) is 42.2 Å². The summed E-state index contributed by atoms with van der Waals surface area (Å²) < 4.78 is 5.11. The number of nitrogens with zero attached hydrogens (tertiary/aromatic N) is 1. The predicted octanol–water partition coefficient (Wildman–Crippen LogP) is 1.79. The summed E-state index contributed by atoms with van der Waals surface area (Å²) >= 11 is 0. The molecule has 18 heavy (non-hydrogen) atoms. The molecule has 2 rings (SSSR count). The molecule has 1 unspecified atom stereocenters. The van der Waals surface area contributed by atoms with Crippen LogP contribution < -0.4 is 4.74 Å². The van der Waals surface area contributed by atoms with Crippen molar-refractivity contribution < 1.29 is 14.6 Å². The number of benzene rings is 1. The van der Waals surface area contributed by atoms with Crippen molar-refractivity contribution >= 4 is 5.97 Å². The molecule has 1 aliphatic heterocycles. The van der Waals surface area contributed by atoms with E-state index >= 15 is 0 Å². The third-order valence-electron chi connectivity index (χ3n) is 3.50. The van der Waals surface area contributed by atoms with E-state index in [1.165, 1.54) is 5.56 Å². The maximum Gasteiger partial charge on any atom is 0.320 e. The van der Waals surface area contributed by atoms with E-state index < -0.39 is 5.97 Å². The van der Waals surface area contributed by atoms with Crippen LogP contribution in [0.3, 0.4) is 0 Å². The van der Waals surface area contributed by atoms with Gasteiger partial charge in [0, 0.05) is 6.54 Å². The molecule has 1 aromatic rings. The first-order valence-electron chi connectivity index (χ1n) is 6.30. The Balaban J connectivity index is 1.88. The molecule has 0 aromatic heterocycles. The van der Waals surface area contributed by atoms with Gasteiger partial charge >= 0.3 is 5.97 Å². The van der Waals surface area contributed by atoms with Gasteiger partial charge in [0.2, 0.25) is 0 Å². The highest BCUT2D eigenvalue weighted by atomic mass is 16.5. The SMILES string of the molecule is COc1ccc(CCN2CCCC2C(=O)O)cc1. The number of hydrogen-bond acceptors (Lipinski definition) is 3. The molecule has 0 radical (unpaired) electrons. The maximum atomic E-state index is 11.0. The zero-order valence-electron chi connectivity index (χ0n) is 10.6. The van der Waals surface area contributed by atoms with Crippen molar-refractivity contribution in [2.24, 2.45) is 0 Å². The minimum Gasteiger partial charge on any atom is -0.497 e. The third kappa shape index (κ3) is 3.01. The molecular formula is C14H19NO3. The van der Waals surface area contributed by atoms with E-state index in [1.54, 1.807) is 7.11 Å². The summed E-state index contributed by atoms with van der Waals surface area (Å²) in [7, 11) is 1.65. The van der Waals surface area contributed by atoms with Gasteiger partial charge in [-0.3, -0.25) is 9.69 Å². The van der Waals surface area contributed by atoms with Gasteiger partial charge in [-0.1, -0.05) is 12.1 Å². The number of rotatable bonds is 5. The maximum absolute atomic E-state index is 11.0. The highest BCUT2D eigenvalue weighted by Crippen LogP contribution is 2.18. The van der Waals surface area contributed by atoms with Crippen LogP contribution in [0.2, 0.25) is 0 Å². The van der Waals surface area contributed by atoms with Crippen LogP contribution in [0.5, 0.6) is 5.75 Å². The molecular weight excluding hydrogens is 230 g/mol. The van der Waals surface area contributed by atoms with Gasteiger partial charge in [-0.15, -0.1) is 0 Å². The Bertz CT molecular complexity index is 402. The molecule has 1 saturated heterocycles. The summed E-state index contributed by atoms with van der Waals surface area (Å²) in [6, 6.07) is 7.65. The summed E-state index contributed by atoms with van der Waals surface area (Å²) in [5.41, 5.74) is 1.21. The van der Waals surface area contributed by atoms with Crippen LogP contribution in [0, 0.1) is 0 Å². The molecule has 0 spiro atoms. The molecule has 4 heteroatoms. The van der Waals surface area contributed by atoms with Gasteiger partial charge in [-0.2, -0.15) is 0 Å². The predicted molar refractivity (Wildman–Crippen MR) is 68.9 cm³/mol. The highest BCUT2D eigenvalue weighted by Gasteiger charge is 2.29. The molecule has 1 heterocycles. The Labute approximate surface area is 107 Å².